The van der Waals surface area contributed by atoms with Gasteiger partial charge < -0.3 is 14.9 Å². The molecule has 37 heavy (non-hydrogen) atoms. The van der Waals surface area contributed by atoms with Crippen molar-refractivity contribution in [1.82, 2.24) is 4.98 Å². The van der Waals surface area contributed by atoms with Crippen molar-refractivity contribution in [2.45, 2.75) is 112 Å². The highest BCUT2D eigenvalue weighted by molar-refractivity contribution is 7.09. The Labute approximate surface area is 227 Å². The van der Waals surface area contributed by atoms with Crippen LogP contribution in [-0.4, -0.2) is 45.3 Å². The Hall–Kier alpha value is -1.83. The summed E-state index contributed by atoms with van der Waals surface area (Å²) in [7, 11) is 0. The number of hydrogen-bond acceptors (Lipinski definition) is 7. The van der Waals surface area contributed by atoms with Gasteiger partial charge in [0.1, 0.15) is 11.9 Å². The van der Waals surface area contributed by atoms with Crippen molar-refractivity contribution >= 4 is 29.2 Å². The number of aryl methyl sites for hydroxylation is 1. The van der Waals surface area contributed by atoms with Gasteiger partial charge in [0, 0.05) is 17.7 Å². The highest BCUT2D eigenvalue weighted by Gasteiger charge is 2.46. The fraction of sp³-hybridized carbons (Fsp3) is 0.700. The number of Topliss-reactive ketones (excluding diaryl/α,β-unsaturated/α-hetero) is 1. The van der Waals surface area contributed by atoms with Gasteiger partial charge in [-0.05, 0) is 64.0 Å². The van der Waals surface area contributed by atoms with Crippen LogP contribution in [0.5, 0.6) is 0 Å². The van der Waals surface area contributed by atoms with Crippen LogP contribution in [0.15, 0.2) is 22.6 Å². The maximum atomic E-state index is 13.5. The number of nitrogens with zero attached hydrogens (tertiary/aromatic N) is 1. The van der Waals surface area contributed by atoms with Gasteiger partial charge in [0.2, 0.25) is 0 Å². The van der Waals surface area contributed by atoms with Crippen molar-refractivity contribution in [2.24, 2.45) is 23.2 Å². The molecule has 6 nitrogen and oxygen atoms in total. The van der Waals surface area contributed by atoms with E-state index in [-0.39, 0.29) is 11.7 Å². The lowest BCUT2D eigenvalue weighted by atomic mass is 9.70. The zero-order valence-corrected chi connectivity index (χ0v) is 24.7. The molecule has 0 spiro atoms. The van der Waals surface area contributed by atoms with Gasteiger partial charge >= 0.3 is 5.97 Å². The number of rotatable bonds is 4. The second kappa shape index (κ2) is 13.8. The summed E-state index contributed by atoms with van der Waals surface area (Å²) in [5.74, 6) is -2.28. The first-order valence-corrected chi connectivity index (χ1v) is 14.5. The van der Waals surface area contributed by atoms with Crippen LogP contribution in [0.1, 0.15) is 97.7 Å². The number of aliphatic hydroxyl groups is 2. The SMILES string of the molecule is CCCC1C(=O)O[C@H](/C(C)=C/c2csc(C)n2)C/C=C(/C)CCC[C@H](C)[C@H](O)[C@@H](C)C(=O)C(C)(C)[C@H]1O. The molecule has 1 unspecified atom stereocenters. The summed E-state index contributed by atoms with van der Waals surface area (Å²) in [5, 5.41) is 25.3. The molecule has 7 heteroatoms. The van der Waals surface area contributed by atoms with Crippen molar-refractivity contribution in [3.8, 4) is 0 Å². The van der Waals surface area contributed by atoms with E-state index in [1.807, 2.05) is 39.2 Å². The van der Waals surface area contributed by atoms with Gasteiger partial charge in [-0.15, -0.1) is 11.3 Å². The second-order valence-corrected chi connectivity index (χ2v) is 12.5. The number of aliphatic hydroxyl groups excluding tert-OH is 2. The van der Waals surface area contributed by atoms with Crippen molar-refractivity contribution in [3.05, 3.63) is 33.3 Å². The summed E-state index contributed by atoms with van der Waals surface area (Å²) in [5.41, 5.74) is 1.70. The number of carbonyl (C=O) groups is 2. The lowest BCUT2D eigenvalue weighted by Gasteiger charge is -2.37. The number of ether oxygens (including phenoxy) is 1. The number of esters is 1. The minimum Gasteiger partial charge on any atom is -0.457 e. The second-order valence-electron chi connectivity index (χ2n) is 11.5. The topological polar surface area (TPSA) is 96.7 Å². The van der Waals surface area contributed by atoms with E-state index in [2.05, 4.69) is 18.0 Å². The summed E-state index contributed by atoms with van der Waals surface area (Å²) in [6.07, 6.45) is 5.69. The zero-order chi connectivity index (χ0) is 27.9. The maximum absolute atomic E-state index is 13.5. The number of carbonyl (C=O) groups excluding carboxylic acids is 2. The van der Waals surface area contributed by atoms with Crippen molar-refractivity contribution in [3.63, 3.8) is 0 Å². The van der Waals surface area contributed by atoms with Crippen LogP contribution in [0.25, 0.3) is 6.08 Å². The van der Waals surface area contributed by atoms with Crippen LogP contribution in [0.4, 0.5) is 0 Å². The molecule has 6 atom stereocenters. The van der Waals surface area contributed by atoms with Gasteiger partial charge in [-0.25, -0.2) is 4.98 Å². The number of thiazole rings is 1. The largest absolute Gasteiger partial charge is 0.457 e. The standard InChI is InChI=1S/C30H47NO5S/c1-9-11-24-28(34)30(7,8)27(33)21(5)26(32)19(3)13-10-12-18(2)14-15-25(36-29(24)35)20(4)16-23-17-37-22(6)31-23/h14,16-17,19,21,24-26,28,32,34H,9-13,15H2,1-8H3/b18-14-,20-16+/t19-,21+,24?,25-,26-,28-/m0/s1. The first-order valence-electron chi connectivity index (χ1n) is 13.7. The van der Waals surface area contributed by atoms with Crippen LogP contribution >= 0.6 is 11.3 Å². The molecular formula is C30H47NO5S. The first-order chi connectivity index (χ1) is 17.3. The number of cyclic esters (lactones) is 1. The summed E-state index contributed by atoms with van der Waals surface area (Å²) in [4.78, 5) is 31.6. The number of hydrogen-bond donors (Lipinski definition) is 2. The number of aromatic nitrogens is 1. The van der Waals surface area contributed by atoms with Gasteiger partial charge in [-0.2, -0.15) is 0 Å². The molecule has 0 amide bonds. The van der Waals surface area contributed by atoms with E-state index in [4.69, 9.17) is 4.74 Å². The Balaban J connectivity index is 2.48. The third kappa shape index (κ3) is 8.33. The van der Waals surface area contributed by atoms with Crippen LogP contribution in [0.3, 0.4) is 0 Å². The smallest absolute Gasteiger partial charge is 0.312 e. The predicted molar refractivity (Wildman–Crippen MR) is 150 cm³/mol. The van der Waals surface area contributed by atoms with Crippen LogP contribution in [-0.2, 0) is 14.3 Å². The van der Waals surface area contributed by atoms with E-state index in [1.165, 1.54) is 5.57 Å². The van der Waals surface area contributed by atoms with E-state index in [0.717, 1.165) is 35.5 Å². The molecule has 0 bridgehead atoms. The Bertz CT molecular complexity index is 978. The lowest BCUT2D eigenvalue weighted by Crippen LogP contribution is -2.49. The summed E-state index contributed by atoms with van der Waals surface area (Å²) < 4.78 is 6.07. The van der Waals surface area contributed by atoms with E-state index in [9.17, 15) is 19.8 Å². The van der Waals surface area contributed by atoms with E-state index in [0.29, 0.717) is 19.3 Å². The molecule has 0 radical (unpaired) electrons. The highest BCUT2D eigenvalue weighted by Crippen LogP contribution is 2.36. The minimum absolute atomic E-state index is 0.0523. The predicted octanol–water partition coefficient (Wildman–Crippen LogP) is 6.29. The minimum atomic E-state index is -1.23. The van der Waals surface area contributed by atoms with E-state index < -0.39 is 41.5 Å². The monoisotopic (exact) mass is 533 g/mol. The molecule has 0 saturated carbocycles. The molecule has 0 fully saturated rings. The molecule has 208 valence electrons. The van der Waals surface area contributed by atoms with Gasteiger partial charge in [0.25, 0.3) is 0 Å². The molecule has 0 aliphatic carbocycles. The van der Waals surface area contributed by atoms with Crippen molar-refractivity contribution < 1.29 is 24.5 Å². The van der Waals surface area contributed by atoms with Gasteiger partial charge in [0.05, 0.1) is 34.2 Å². The zero-order valence-electron chi connectivity index (χ0n) is 23.9. The Morgan fingerprint density at radius 3 is 2.51 bits per heavy atom. The number of ketones is 1. The summed E-state index contributed by atoms with van der Waals surface area (Å²) in [6, 6.07) is 0. The molecule has 2 rings (SSSR count). The molecule has 1 aromatic heterocycles. The number of allylic oxidation sites excluding steroid dienone is 1. The molecule has 1 aliphatic rings. The van der Waals surface area contributed by atoms with E-state index >= 15 is 0 Å². The molecule has 1 aliphatic heterocycles. The molecule has 2 heterocycles. The lowest BCUT2D eigenvalue weighted by molar-refractivity contribution is -0.163. The average Bonchev–Trinajstić information content (AvgIpc) is 3.26. The van der Waals surface area contributed by atoms with Crippen LogP contribution in [0, 0.1) is 30.1 Å². The van der Waals surface area contributed by atoms with Gasteiger partial charge in [-0.1, -0.05) is 52.7 Å². The normalized spacial score (nSPS) is 32.5. The average molecular weight is 534 g/mol. The molecule has 0 aromatic carbocycles. The van der Waals surface area contributed by atoms with E-state index in [1.54, 1.807) is 32.1 Å². The highest BCUT2D eigenvalue weighted by atomic mass is 32.1. The summed E-state index contributed by atoms with van der Waals surface area (Å²) >= 11 is 1.57. The molecular weight excluding hydrogens is 486 g/mol. The van der Waals surface area contributed by atoms with Gasteiger partial charge in [0.15, 0.2) is 0 Å². The van der Waals surface area contributed by atoms with Crippen LogP contribution < -0.4 is 0 Å². The third-order valence-electron chi connectivity index (χ3n) is 7.86. The fourth-order valence-corrected chi connectivity index (χ4v) is 5.78. The molecule has 0 saturated heterocycles. The van der Waals surface area contributed by atoms with Crippen molar-refractivity contribution in [2.75, 3.05) is 0 Å². The van der Waals surface area contributed by atoms with Crippen molar-refractivity contribution in [1.29, 1.82) is 0 Å². The Morgan fingerprint density at radius 2 is 1.92 bits per heavy atom. The van der Waals surface area contributed by atoms with Crippen LogP contribution in [0.2, 0.25) is 0 Å². The summed E-state index contributed by atoms with van der Waals surface area (Å²) in [6.45, 7) is 15.0. The van der Waals surface area contributed by atoms with Gasteiger partial charge in [-0.3, -0.25) is 9.59 Å². The first kappa shape index (κ1) is 31.4. The molecule has 1 aromatic rings. The Kier molecular flexibility index (Phi) is 11.7. The maximum Gasteiger partial charge on any atom is 0.312 e. The molecule has 2 N–H and O–H groups in total. The Morgan fingerprint density at radius 1 is 1.24 bits per heavy atom. The fourth-order valence-electron chi connectivity index (χ4n) is 5.21. The third-order valence-corrected chi connectivity index (χ3v) is 8.65. The quantitative estimate of drug-likeness (QED) is 0.349.